The zero-order valence-electron chi connectivity index (χ0n) is 14.6. The van der Waals surface area contributed by atoms with Crippen molar-refractivity contribution < 1.29 is 14.3 Å². The zero-order valence-corrected chi connectivity index (χ0v) is 17.0. The Hall–Kier alpha value is -2.04. The minimum Gasteiger partial charge on any atom is -0.465 e. The average Bonchev–Trinajstić information content (AvgIpc) is 3.12. The number of thioether (sulfide) groups is 1. The van der Waals surface area contributed by atoms with Crippen LogP contribution in [0.5, 0.6) is 0 Å². The van der Waals surface area contributed by atoms with E-state index in [2.05, 4.69) is 20.3 Å². The van der Waals surface area contributed by atoms with Crippen LogP contribution in [0.2, 0.25) is 0 Å². The third-order valence-electron chi connectivity index (χ3n) is 3.68. The molecule has 7 nitrogen and oxygen atoms in total. The van der Waals surface area contributed by atoms with E-state index in [1.165, 1.54) is 30.1 Å². The van der Waals surface area contributed by atoms with Gasteiger partial charge in [0, 0.05) is 10.3 Å². The number of anilines is 1. The molecule has 3 heterocycles. The van der Waals surface area contributed by atoms with Crippen LogP contribution in [0.25, 0.3) is 10.2 Å². The number of carbonyl (C=O) groups is 2. The summed E-state index contributed by atoms with van der Waals surface area (Å²) < 4.78 is 4.70. The molecule has 3 aromatic rings. The summed E-state index contributed by atoms with van der Waals surface area (Å²) in [7, 11) is 1.31. The van der Waals surface area contributed by atoms with Gasteiger partial charge in [-0.15, -0.1) is 11.3 Å². The number of methoxy groups -OCH3 is 1. The van der Waals surface area contributed by atoms with Crippen molar-refractivity contribution in [2.45, 2.75) is 25.8 Å². The molecule has 3 aromatic heterocycles. The number of hydrogen-bond acceptors (Lipinski definition) is 9. The first kappa shape index (κ1) is 18.7. The van der Waals surface area contributed by atoms with Crippen molar-refractivity contribution in [2.75, 3.05) is 18.2 Å². The number of nitrogens with zero attached hydrogens (tertiary/aromatic N) is 3. The molecule has 3 rings (SSSR count). The maximum absolute atomic E-state index is 12.2. The van der Waals surface area contributed by atoms with Gasteiger partial charge in [-0.25, -0.2) is 19.7 Å². The normalized spacial score (nSPS) is 10.9. The number of aromatic nitrogens is 3. The maximum Gasteiger partial charge on any atom is 0.350 e. The summed E-state index contributed by atoms with van der Waals surface area (Å²) in [6, 6.07) is 0. The molecule has 0 atom stereocenters. The summed E-state index contributed by atoms with van der Waals surface area (Å²) in [5.41, 5.74) is 1.68. The molecule has 26 heavy (non-hydrogen) atoms. The number of aryl methyl sites for hydroxylation is 3. The van der Waals surface area contributed by atoms with Crippen LogP contribution in [0.1, 0.15) is 25.8 Å². The smallest absolute Gasteiger partial charge is 0.350 e. The third kappa shape index (κ3) is 3.71. The first-order chi connectivity index (χ1) is 12.4. The number of carbonyl (C=O) groups excluding carboxylic acids is 2. The first-order valence-electron chi connectivity index (χ1n) is 7.59. The van der Waals surface area contributed by atoms with Gasteiger partial charge in [-0.05, 0) is 26.3 Å². The highest BCUT2D eigenvalue weighted by Crippen LogP contribution is 2.34. The van der Waals surface area contributed by atoms with E-state index in [1.54, 1.807) is 18.3 Å². The minimum absolute atomic E-state index is 0.187. The minimum atomic E-state index is -0.457. The van der Waals surface area contributed by atoms with Crippen LogP contribution in [0.15, 0.2) is 11.4 Å². The summed E-state index contributed by atoms with van der Waals surface area (Å²) in [4.78, 5) is 39.2. The van der Waals surface area contributed by atoms with E-state index in [4.69, 9.17) is 4.74 Å². The lowest BCUT2D eigenvalue weighted by atomic mass is 10.2. The molecule has 0 radical (unpaired) electrons. The number of hydrogen-bond donors (Lipinski definition) is 1. The molecule has 0 fully saturated rings. The first-order valence-corrected chi connectivity index (χ1v) is 10.2. The van der Waals surface area contributed by atoms with Crippen molar-refractivity contribution in [3.05, 3.63) is 27.3 Å². The number of fused-ring (bicyclic) bond motifs is 1. The van der Waals surface area contributed by atoms with Crippen molar-refractivity contribution in [1.29, 1.82) is 0 Å². The van der Waals surface area contributed by atoms with Gasteiger partial charge in [0.1, 0.15) is 21.1 Å². The lowest BCUT2D eigenvalue weighted by Gasteiger charge is -2.03. The topological polar surface area (TPSA) is 94.1 Å². The summed E-state index contributed by atoms with van der Waals surface area (Å²) in [5.74, 6) is -0.481. The largest absolute Gasteiger partial charge is 0.465 e. The summed E-state index contributed by atoms with van der Waals surface area (Å²) in [5, 5.41) is 4.89. The van der Waals surface area contributed by atoms with E-state index >= 15 is 0 Å². The number of ether oxygens (including phenoxy) is 1. The van der Waals surface area contributed by atoms with E-state index in [9.17, 15) is 9.59 Å². The molecule has 0 aliphatic carbocycles. The SMILES string of the molecule is COC(=O)c1sc(NC(=O)CSc2ncnc3sc(C)c(C)c23)nc1C. The van der Waals surface area contributed by atoms with Gasteiger partial charge in [-0.2, -0.15) is 0 Å². The quantitative estimate of drug-likeness (QED) is 0.392. The lowest BCUT2D eigenvalue weighted by Crippen LogP contribution is -2.14. The number of rotatable bonds is 5. The van der Waals surface area contributed by atoms with Crippen molar-refractivity contribution in [2.24, 2.45) is 0 Å². The molecule has 1 N–H and O–H groups in total. The highest BCUT2D eigenvalue weighted by molar-refractivity contribution is 8.00. The molecule has 0 aromatic carbocycles. The molecular weight excluding hydrogens is 392 g/mol. The second-order valence-corrected chi connectivity index (χ2v) is 8.57. The zero-order chi connectivity index (χ0) is 18.8. The monoisotopic (exact) mass is 408 g/mol. The molecule has 1 amide bonds. The van der Waals surface area contributed by atoms with E-state index in [0.717, 1.165) is 32.1 Å². The van der Waals surface area contributed by atoms with Gasteiger partial charge in [0.05, 0.1) is 18.6 Å². The third-order valence-corrected chi connectivity index (χ3v) is 6.84. The van der Waals surface area contributed by atoms with Gasteiger partial charge in [-0.3, -0.25) is 4.79 Å². The number of nitrogens with one attached hydrogen (secondary N) is 1. The highest BCUT2D eigenvalue weighted by atomic mass is 32.2. The number of esters is 1. The molecule has 136 valence electrons. The van der Waals surface area contributed by atoms with Crippen LogP contribution in [0, 0.1) is 20.8 Å². The Balaban J connectivity index is 1.69. The molecule has 0 aliphatic heterocycles. The standard InChI is InChI=1S/C16H16N4O3S3/c1-7-9(3)25-14-11(7)13(17-6-18-14)24-5-10(21)20-16-19-8(2)12(26-16)15(22)23-4/h6H,5H2,1-4H3,(H,19,20,21). The van der Waals surface area contributed by atoms with Crippen LogP contribution >= 0.6 is 34.4 Å². The highest BCUT2D eigenvalue weighted by Gasteiger charge is 2.18. The summed E-state index contributed by atoms with van der Waals surface area (Å²) in [6.45, 7) is 5.79. The van der Waals surface area contributed by atoms with Gasteiger partial charge < -0.3 is 10.1 Å². The molecule has 0 spiro atoms. The number of amides is 1. The summed E-state index contributed by atoms with van der Waals surface area (Å²) >= 11 is 4.08. The van der Waals surface area contributed by atoms with Gasteiger partial charge in [0.15, 0.2) is 5.13 Å². The Bertz CT molecular complexity index is 996. The van der Waals surface area contributed by atoms with Crippen molar-refractivity contribution in [1.82, 2.24) is 15.0 Å². The van der Waals surface area contributed by atoms with E-state index in [1.807, 2.05) is 13.8 Å². The van der Waals surface area contributed by atoms with E-state index in [0.29, 0.717) is 15.7 Å². The summed E-state index contributed by atoms with van der Waals surface area (Å²) in [6.07, 6.45) is 1.52. The number of thiazole rings is 1. The molecule has 0 unspecified atom stereocenters. The fourth-order valence-corrected chi connectivity index (χ4v) is 5.10. The van der Waals surface area contributed by atoms with Gasteiger partial charge >= 0.3 is 5.97 Å². The van der Waals surface area contributed by atoms with Crippen LogP contribution in [0.3, 0.4) is 0 Å². The molecule has 10 heteroatoms. The molecule has 0 saturated heterocycles. The van der Waals surface area contributed by atoms with E-state index < -0.39 is 5.97 Å². The Morgan fingerprint density at radius 2 is 2.00 bits per heavy atom. The second-order valence-electron chi connectivity index (χ2n) is 5.40. The van der Waals surface area contributed by atoms with E-state index in [-0.39, 0.29) is 11.7 Å². The van der Waals surface area contributed by atoms with Crippen LogP contribution < -0.4 is 5.32 Å². The van der Waals surface area contributed by atoms with Crippen molar-refractivity contribution in [3.63, 3.8) is 0 Å². The molecule has 0 saturated carbocycles. The molecule has 0 bridgehead atoms. The average molecular weight is 409 g/mol. The fraction of sp³-hybridized carbons (Fsp3) is 0.312. The Morgan fingerprint density at radius 3 is 2.73 bits per heavy atom. The van der Waals surface area contributed by atoms with Crippen molar-refractivity contribution in [3.8, 4) is 0 Å². The Kier molecular flexibility index (Phi) is 5.54. The van der Waals surface area contributed by atoms with Gasteiger partial charge in [0.2, 0.25) is 5.91 Å². The van der Waals surface area contributed by atoms with Crippen LogP contribution in [-0.2, 0) is 9.53 Å². The lowest BCUT2D eigenvalue weighted by molar-refractivity contribution is -0.113. The van der Waals surface area contributed by atoms with Gasteiger partial charge in [-0.1, -0.05) is 23.1 Å². The van der Waals surface area contributed by atoms with Crippen LogP contribution in [-0.4, -0.2) is 39.7 Å². The fourth-order valence-electron chi connectivity index (χ4n) is 2.28. The van der Waals surface area contributed by atoms with Crippen molar-refractivity contribution >= 4 is 61.7 Å². The molecule has 0 aliphatic rings. The van der Waals surface area contributed by atoms with Gasteiger partial charge in [0.25, 0.3) is 0 Å². The predicted molar refractivity (Wildman–Crippen MR) is 104 cm³/mol. The maximum atomic E-state index is 12.2. The Labute approximate surface area is 162 Å². The predicted octanol–water partition coefficient (Wildman–Crippen LogP) is 3.59. The molecular formula is C16H16N4O3S3. The Morgan fingerprint density at radius 1 is 1.23 bits per heavy atom. The number of thiophene rings is 1. The van der Waals surface area contributed by atoms with Crippen LogP contribution in [0.4, 0.5) is 5.13 Å². The second kappa shape index (κ2) is 7.68.